The van der Waals surface area contributed by atoms with Crippen LogP contribution in [0.3, 0.4) is 0 Å². The Morgan fingerprint density at radius 3 is 2.48 bits per heavy atom. The quantitative estimate of drug-likeness (QED) is 0.856. The third-order valence-electron chi connectivity index (χ3n) is 3.02. The molecule has 2 aromatic rings. The molecule has 5 heteroatoms. The maximum Gasteiger partial charge on any atom is 0.332 e. The lowest BCUT2D eigenvalue weighted by molar-refractivity contribution is -0.141. The fraction of sp³-hybridized carbons (Fsp3) is 0.188. The zero-order chi connectivity index (χ0) is 15.2. The van der Waals surface area contributed by atoms with E-state index in [0.29, 0.717) is 10.8 Å². The Kier molecular flexibility index (Phi) is 5.06. The van der Waals surface area contributed by atoms with E-state index in [0.717, 1.165) is 11.3 Å². The molecule has 4 nitrogen and oxygen atoms in total. The van der Waals surface area contributed by atoms with Crippen LogP contribution >= 0.6 is 11.6 Å². The van der Waals surface area contributed by atoms with Gasteiger partial charge >= 0.3 is 5.97 Å². The van der Waals surface area contributed by atoms with Crippen LogP contribution in [0.2, 0.25) is 5.02 Å². The monoisotopic (exact) mass is 305 g/mol. The van der Waals surface area contributed by atoms with Gasteiger partial charge in [-0.25, -0.2) is 4.79 Å². The average molecular weight is 306 g/mol. The lowest BCUT2D eigenvalue weighted by atomic mass is 10.1. The number of benzene rings is 2. The topological polar surface area (TPSA) is 47.6 Å². The van der Waals surface area contributed by atoms with Crippen molar-refractivity contribution >= 4 is 23.3 Å². The van der Waals surface area contributed by atoms with Gasteiger partial charge in [-0.3, -0.25) is 0 Å². The number of esters is 1. The SMILES string of the molecule is COC(=O)C(Nc1ccc(Cl)cc1)c1cccc(OC)c1. The van der Waals surface area contributed by atoms with Gasteiger partial charge in [0.15, 0.2) is 6.04 Å². The van der Waals surface area contributed by atoms with Gasteiger partial charge in [-0.15, -0.1) is 0 Å². The number of hydrogen-bond donors (Lipinski definition) is 1. The van der Waals surface area contributed by atoms with E-state index in [-0.39, 0.29) is 5.97 Å². The number of nitrogens with one attached hydrogen (secondary N) is 1. The molecular formula is C16H16ClNO3. The van der Waals surface area contributed by atoms with Crippen LogP contribution in [0.25, 0.3) is 0 Å². The molecule has 0 aliphatic carbocycles. The first kappa shape index (κ1) is 15.2. The Hall–Kier alpha value is -2.20. The van der Waals surface area contributed by atoms with Crippen molar-refractivity contribution in [3.05, 3.63) is 59.1 Å². The van der Waals surface area contributed by atoms with E-state index >= 15 is 0 Å². The Labute approximate surface area is 128 Å². The van der Waals surface area contributed by atoms with Gasteiger partial charge in [-0.05, 0) is 42.0 Å². The van der Waals surface area contributed by atoms with Crippen molar-refractivity contribution in [2.24, 2.45) is 0 Å². The van der Waals surface area contributed by atoms with Crippen LogP contribution in [-0.2, 0) is 9.53 Å². The fourth-order valence-electron chi connectivity index (χ4n) is 1.93. The van der Waals surface area contributed by atoms with E-state index < -0.39 is 6.04 Å². The number of carbonyl (C=O) groups is 1. The fourth-order valence-corrected chi connectivity index (χ4v) is 2.06. The zero-order valence-electron chi connectivity index (χ0n) is 11.8. The van der Waals surface area contributed by atoms with Crippen LogP contribution in [-0.4, -0.2) is 20.2 Å². The van der Waals surface area contributed by atoms with Crippen LogP contribution in [0.5, 0.6) is 5.75 Å². The summed E-state index contributed by atoms with van der Waals surface area (Å²) >= 11 is 5.86. The van der Waals surface area contributed by atoms with E-state index in [1.54, 1.807) is 37.4 Å². The lowest BCUT2D eigenvalue weighted by Gasteiger charge is -2.18. The summed E-state index contributed by atoms with van der Waals surface area (Å²) in [7, 11) is 2.94. The highest BCUT2D eigenvalue weighted by molar-refractivity contribution is 6.30. The summed E-state index contributed by atoms with van der Waals surface area (Å²) in [6.45, 7) is 0. The van der Waals surface area contributed by atoms with Crippen molar-refractivity contribution in [1.29, 1.82) is 0 Å². The van der Waals surface area contributed by atoms with Crippen LogP contribution in [0.15, 0.2) is 48.5 Å². The third kappa shape index (κ3) is 3.89. The molecule has 0 aliphatic heterocycles. The van der Waals surface area contributed by atoms with Crippen LogP contribution in [0.1, 0.15) is 11.6 Å². The van der Waals surface area contributed by atoms with Gasteiger partial charge in [-0.1, -0.05) is 23.7 Å². The molecule has 1 atom stereocenters. The third-order valence-corrected chi connectivity index (χ3v) is 3.27. The van der Waals surface area contributed by atoms with E-state index in [1.807, 2.05) is 18.2 Å². The second-order valence-electron chi connectivity index (χ2n) is 4.38. The molecule has 1 unspecified atom stereocenters. The molecule has 0 spiro atoms. The highest BCUT2D eigenvalue weighted by atomic mass is 35.5. The zero-order valence-corrected chi connectivity index (χ0v) is 12.6. The van der Waals surface area contributed by atoms with Gasteiger partial charge in [0.2, 0.25) is 0 Å². The van der Waals surface area contributed by atoms with E-state index in [9.17, 15) is 4.79 Å². The minimum atomic E-state index is -0.619. The number of carbonyl (C=O) groups excluding carboxylic acids is 1. The maximum atomic E-state index is 12.0. The first-order chi connectivity index (χ1) is 10.1. The summed E-state index contributed by atoms with van der Waals surface area (Å²) in [5.74, 6) is 0.303. The minimum Gasteiger partial charge on any atom is -0.497 e. The van der Waals surface area contributed by atoms with E-state index in [4.69, 9.17) is 21.1 Å². The smallest absolute Gasteiger partial charge is 0.332 e. The number of halogens is 1. The molecule has 0 amide bonds. The van der Waals surface area contributed by atoms with Crippen LogP contribution in [0, 0.1) is 0 Å². The van der Waals surface area contributed by atoms with E-state index in [2.05, 4.69) is 5.32 Å². The summed E-state index contributed by atoms with van der Waals surface area (Å²) in [4.78, 5) is 12.0. The molecule has 0 bridgehead atoms. The van der Waals surface area contributed by atoms with Gasteiger partial charge in [-0.2, -0.15) is 0 Å². The molecule has 0 radical (unpaired) electrons. The molecule has 0 aromatic heterocycles. The average Bonchev–Trinajstić information content (AvgIpc) is 2.53. The molecule has 21 heavy (non-hydrogen) atoms. The maximum absolute atomic E-state index is 12.0. The predicted molar refractivity (Wildman–Crippen MR) is 82.8 cm³/mol. The van der Waals surface area contributed by atoms with Crippen molar-refractivity contribution in [3.63, 3.8) is 0 Å². The lowest BCUT2D eigenvalue weighted by Crippen LogP contribution is -2.22. The summed E-state index contributed by atoms with van der Waals surface area (Å²) < 4.78 is 10.1. The van der Waals surface area contributed by atoms with Crippen molar-refractivity contribution in [2.45, 2.75) is 6.04 Å². The number of anilines is 1. The number of ether oxygens (including phenoxy) is 2. The molecule has 1 N–H and O–H groups in total. The molecule has 0 heterocycles. The molecule has 2 aromatic carbocycles. The summed E-state index contributed by atoms with van der Waals surface area (Å²) in [6, 6.07) is 13.8. The molecule has 110 valence electrons. The normalized spacial score (nSPS) is 11.6. The number of methoxy groups -OCH3 is 2. The standard InChI is InChI=1S/C16H16ClNO3/c1-20-14-5-3-4-11(10-14)15(16(19)21-2)18-13-8-6-12(17)7-9-13/h3-10,15,18H,1-2H3. The summed E-state index contributed by atoms with van der Waals surface area (Å²) in [5.41, 5.74) is 1.54. The molecular weight excluding hydrogens is 290 g/mol. The highest BCUT2D eigenvalue weighted by Gasteiger charge is 2.21. The van der Waals surface area contributed by atoms with Crippen molar-refractivity contribution in [2.75, 3.05) is 19.5 Å². The van der Waals surface area contributed by atoms with Gasteiger partial charge in [0.25, 0.3) is 0 Å². The summed E-state index contributed by atoms with van der Waals surface area (Å²) in [5, 5.41) is 3.77. The second kappa shape index (κ2) is 6.99. The van der Waals surface area contributed by atoms with Crippen molar-refractivity contribution in [1.82, 2.24) is 0 Å². The van der Waals surface area contributed by atoms with Gasteiger partial charge < -0.3 is 14.8 Å². The Bertz CT molecular complexity index is 613. The van der Waals surface area contributed by atoms with Crippen molar-refractivity contribution < 1.29 is 14.3 Å². The number of hydrogen-bond acceptors (Lipinski definition) is 4. The Morgan fingerprint density at radius 1 is 1.14 bits per heavy atom. The first-order valence-electron chi connectivity index (χ1n) is 6.38. The van der Waals surface area contributed by atoms with Crippen molar-refractivity contribution in [3.8, 4) is 5.75 Å². The number of rotatable bonds is 5. The second-order valence-corrected chi connectivity index (χ2v) is 4.82. The van der Waals surface area contributed by atoms with Crippen LogP contribution < -0.4 is 10.1 Å². The Balaban J connectivity index is 2.29. The van der Waals surface area contributed by atoms with E-state index in [1.165, 1.54) is 7.11 Å². The van der Waals surface area contributed by atoms with Gasteiger partial charge in [0, 0.05) is 10.7 Å². The molecule has 0 saturated heterocycles. The minimum absolute atomic E-state index is 0.377. The summed E-state index contributed by atoms with van der Waals surface area (Å²) in [6.07, 6.45) is 0. The molecule has 2 rings (SSSR count). The largest absolute Gasteiger partial charge is 0.497 e. The highest BCUT2D eigenvalue weighted by Crippen LogP contribution is 2.25. The van der Waals surface area contributed by atoms with Crippen LogP contribution in [0.4, 0.5) is 5.69 Å². The first-order valence-corrected chi connectivity index (χ1v) is 6.75. The van der Waals surface area contributed by atoms with Gasteiger partial charge in [0.1, 0.15) is 5.75 Å². The molecule has 0 aliphatic rings. The Morgan fingerprint density at radius 2 is 1.86 bits per heavy atom. The molecule has 0 fully saturated rings. The van der Waals surface area contributed by atoms with Gasteiger partial charge in [0.05, 0.1) is 14.2 Å². The molecule has 0 saturated carbocycles. The predicted octanol–water partition coefficient (Wildman–Crippen LogP) is 3.67.